The van der Waals surface area contributed by atoms with Crippen molar-refractivity contribution in [1.29, 1.82) is 0 Å². The Balaban J connectivity index is 1.35. The largest absolute Gasteiger partial charge is 0.467 e. The Labute approximate surface area is 184 Å². The molecule has 172 valence electrons. The van der Waals surface area contributed by atoms with Gasteiger partial charge in [0.2, 0.25) is 0 Å². The van der Waals surface area contributed by atoms with Crippen LogP contribution in [0, 0.1) is 23.2 Å². The van der Waals surface area contributed by atoms with Crippen molar-refractivity contribution in [1.82, 2.24) is 4.90 Å². The summed E-state index contributed by atoms with van der Waals surface area (Å²) < 4.78 is 16.5. The Bertz CT molecular complexity index is 792. The molecule has 2 fully saturated rings. The maximum absolute atomic E-state index is 12.7. The van der Waals surface area contributed by atoms with Crippen molar-refractivity contribution >= 4 is 5.97 Å². The number of fused-ring (bicyclic) bond motifs is 2. The molecule has 0 radical (unpaired) electrons. The SMILES string of the molecule is CC1CCC=C2CC3OC(=O)C(CN(C)CC(O)COCc4ccco4)C3C(O)C21C. The quantitative estimate of drug-likeness (QED) is 0.480. The Kier molecular flexibility index (Phi) is 6.58. The molecular formula is C24H35NO6. The smallest absolute Gasteiger partial charge is 0.311 e. The normalized spacial score (nSPS) is 36.0. The molecule has 3 aliphatic rings. The summed E-state index contributed by atoms with van der Waals surface area (Å²) in [6.45, 7) is 5.65. The van der Waals surface area contributed by atoms with Crippen molar-refractivity contribution in [3.05, 3.63) is 35.8 Å². The minimum absolute atomic E-state index is 0.179. The summed E-state index contributed by atoms with van der Waals surface area (Å²) in [5, 5.41) is 21.8. The van der Waals surface area contributed by atoms with Crippen LogP contribution in [0.2, 0.25) is 0 Å². The van der Waals surface area contributed by atoms with E-state index < -0.39 is 18.1 Å². The van der Waals surface area contributed by atoms with Crippen LogP contribution in [0.4, 0.5) is 0 Å². The highest BCUT2D eigenvalue weighted by atomic mass is 16.6. The highest BCUT2D eigenvalue weighted by Crippen LogP contribution is 2.56. The molecule has 31 heavy (non-hydrogen) atoms. The average Bonchev–Trinajstić information content (AvgIpc) is 3.33. The fraction of sp³-hybridized carbons (Fsp3) is 0.708. The molecule has 0 aromatic carbocycles. The highest BCUT2D eigenvalue weighted by Gasteiger charge is 2.59. The molecule has 7 atom stereocenters. The van der Waals surface area contributed by atoms with Crippen LogP contribution in [0.5, 0.6) is 0 Å². The van der Waals surface area contributed by atoms with Gasteiger partial charge >= 0.3 is 5.97 Å². The van der Waals surface area contributed by atoms with E-state index in [-0.39, 0.29) is 30.0 Å². The van der Waals surface area contributed by atoms with Crippen LogP contribution in [0.15, 0.2) is 34.5 Å². The summed E-state index contributed by atoms with van der Waals surface area (Å²) in [6, 6.07) is 3.62. The van der Waals surface area contributed by atoms with Gasteiger partial charge in [0.1, 0.15) is 18.5 Å². The summed E-state index contributed by atoms with van der Waals surface area (Å²) in [6.07, 6.45) is 5.07. The van der Waals surface area contributed by atoms with Gasteiger partial charge in [-0.15, -0.1) is 0 Å². The molecule has 2 heterocycles. The van der Waals surface area contributed by atoms with Crippen molar-refractivity contribution in [2.75, 3.05) is 26.7 Å². The number of rotatable bonds is 8. The summed E-state index contributed by atoms with van der Waals surface area (Å²) in [5.41, 5.74) is 0.939. The van der Waals surface area contributed by atoms with Gasteiger partial charge < -0.3 is 29.0 Å². The summed E-state index contributed by atoms with van der Waals surface area (Å²) >= 11 is 0. The fourth-order valence-electron chi connectivity index (χ4n) is 5.79. The maximum Gasteiger partial charge on any atom is 0.311 e. The molecule has 1 aromatic heterocycles. The van der Waals surface area contributed by atoms with E-state index in [1.165, 1.54) is 5.57 Å². The number of carbonyl (C=O) groups excluding carboxylic acids is 1. The molecule has 0 bridgehead atoms. The van der Waals surface area contributed by atoms with Gasteiger partial charge in [-0.1, -0.05) is 25.5 Å². The summed E-state index contributed by atoms with van der Waals surface area (Å²) in [7, 11) is 1.88. The third-order valence-corrected chi connectivity index (χ3v) is 7.74. The van der Waals surface area contributed by atoms with E-state index in [9.17, 15) is 15.0 Å². The number of ether oxygens (including phenoxy) is 2. The zero-order chi connectivity index (χ0) is 22.2. The predicted molar refractivity (Wildman–Crippen MR) is 114 cm³/mol. The number of aliphatic hydroxyl groups is 2. The van der Waals surface area contributed by atoms with E-state index in [2.05, 4.69) is 19.9 Å². The highest BCUT2D eigenvalue weighted by molar-refractivity contribution is 5.76. The van der Waals surface area contributed by atoms with E-state index in [4.69, 9.17) is 13.9 Å². The van der Waals surface area contributed by atoms with Crippen LogP contribution in [-0.2, 0) is 20.9 Å². The van der Waals surface area contributed by atoms with E-state index >= 15 is 0 Å². The minimum atomic E-state index is -0.685. The summed E-state index contributed by atoms with van der Waals surface area (Å²) in [5.74, 6) is 0.231. The lowest BCUT2D eigenvalue weighted by Gasteiger charge is -2.52. The lowest BCUT2D eigenvalue weighted by atomic mass is 9.55. The standard InChI is InChI=1S/C24H35NO6/c1-15-6-4-7-16-10-20-21(22(27)24(15,16)2)19(23(28)31-20)12-25(3)11-17(26)13-29-14-18-8-5-9-30-18/h5,7-9,15,17,19-22,26-27H,4,6,10-14H2,1-3H3. The molecule has 1 saturated carbocycles. The van der Waals surface area contributed by atoms with Crippen molar-refractivity contribution in [2.45, 2.75) is 58.0 Å². The van der Waals surface area contributed by atoms with Crippen molar-refractivity contribution < 1.29 is 28.9 Å². The van der Waals surface area contributed by atoms with Crippen LogP contribution in [-0.4, -0.2) is 66.1 Å². The zero-order valence-corrected chi connectivity index (χ0v) is 18.7. The minimum Gasteiger partial charge on any atom is -0.467 e. The molecule has 2 aliphatic carbocycles. The van der Waals surface area contributed by atoms with Gasteiger partial charge in [-0.05, 0) is 37.9 Å². The van der Waals surface area contributed by atoms with E-state index in [1.807, 2.05) is 18.0 Å². The predicted octanol–water partition coefficient (Wildman–Crippen LogP) is 2.37. The van der Waals surface area contributed by atoms with Gasteiger partial charge in [0.15, 0.2) is 0 Å². The second-order valence-corrected chi connectivity index (χ2v) is 9.77. The number of hydrogen-bond acceptors (Lipinski definition) is 7. The topological polar surface area (TPSA) is 92.4 Å². The second-order valence-electron chi connectivity index (χ2n) is 9.77. The van der Waals surface area contributed by atoms with Crippen LogP contribution in [0.3, 0.4) is 0 Å². The number of allylic oxidation sites excluding steroid dienone is 1. The molecule has 4 rings (SSSR count). The first-order valence-corrected chi connectivity index (χ1v) is 11.4. The average molecular weight is 434 g/mol. The van der Waals surface area contributed by atoms with E-state index in [0.29, 0.717) is 31.4 Å². The van der Waals surface area contributed by atoms with Crippen LogP contribution in [0.25, 0.3) is 0 Å². The van der Waals surface area contributed by atoms with E-state index in [1.54, 1.807) is 12.3 Å². The van der Waals surface area contributed by atoms with Gasteiger partial charge in [0.25, 0.3) is 0 Å². The number of aliphatic hydroxyl groups excluding tert-OH is 2. The Hall–Kier alpha value is -1.67. The van der Waals surface area contributed by atoms with Gasteiger partial charge in [-0.25, -0.2) is 0 Å². The molecule has 1 saturated heterocycles. The zero-order valence-electron chi connectivity index (χ0n) is 18.7. The number of hydrogen-bond donors (Lipinski definition) is 2. The van der Waals surface area contributed by atoms with Gasteiger partial charge in [-0.2, -0.15) is 0 Å². The van der Waals surface area contributed by atoms with Gasteiger partial charge in [-0.3, -0.25) is 4.79 Å². The first-order valence-electron chi connectivity index (χ1n) is 11.4. The molecular weight excluding hydrogens is 398 g/mol. The third-order valence-electron chi connectivity index (χ3n) is 7.74. The number of nitrogens with zero attached hydrogens (tertiary/aromatic N) is 1. The monoisotopic (exact) mass is 433 g/mol. The lowest BCUT2D eigenvalue weighted by molar-refractivity contribution is -0.145. The maximum atomic E-state index is 12.7. The summed E-state index contributed by atoms with van der Waals surface area (Å²) in [4.78, 5) is 14.7. The van der Waals surface area contributed by atoms with Crippen LogP contribution in [0.1, 0.15) is 38.9 Å². The molecule has 7 unspecified atom stereocenters. The number of esters is 1. The van der Waals surface area contributed by atoms with Crippen LogP contribution >= 0.6 is 0 Å². The first-order chi connectivity index (χ1) is 14.8. The van der Waals surface area contributed by atoms with Crippen molar-refractivity contribution in [3.8, 4) is 0 Å². The molecule has 1 aromatic rings. The Morgan fingerprint density at radius 1 is 1.42 bits per heavy atom. The number of furan rings is 1. The van der Waals surface area contributed by atoms with E-state index in [0.717, 1.165) is 19.3 Å². The third kappa shape index (κ3) is 4.33. The molecule has 7 heteroatoms. The number of likely N-dealkylation sites (N-methyl/N-ethyl adjacent to an activating group) is 1. The molecule has 0 amide bonds. The fourth-order valence-corrected chi connectivity index (χ4v) is 5.79. The van der Waals surface area contributed by atoms with Gasteiger partial charge in [0, 0.05) is 30.8 Å². The van der Waals surface area contributed by atoms with Crippen LogP contribution < -0.4 is 0 Å². The van der Waals surface area contributed by atoms with Crippen molar-refractivity contribution in [2.24, 2.45) is 23.2 Å². The molecule has 0 spiro atoms. The Morgan fingerprint density at radius 2 is 2.23 bits per heavy atom. The van der Waals surface area contributed by atoms with Gasteiger partial charge in [0.05, 0.1) is 31.0 Å². The van der Waals surface area contributed by atoms with Crippen molar-refractivity contribution in [3.63, 3.8) is 0 Å². The first kappa shape index (κ1) is 22.5. The Morgan fingerprint density at radius 3 is 2.97 bits per heavy atom. The lowest BCUT2D eigenvalue weighted by Crippen LogP contribution is -2.54. The number of carbonyl (C=O) groups is 1. The molecule has 2 N–H and O–H groups in total. The molecule has 1 aliphatic heterocycles. The molecule has 7 nitrogen and oxygen atoms in total. The second kappa shape index (κ2) is 9.06.